The van der Waals surface area contributed by atoms with Crippen LogP contribution < -0.4 is 5.32 Å². The number of carboxylic acids is 1. The first-order chi connectivity index (χ1) is 20.6. The van der Waals surface area contributed by atoms with Crippen LogP contribution in [0.4, 0.5) is 4.79 Å². The average molecular weight is 560 g/mol. The molecule has 2 N–H and O–H groups in total. The van der Waals surface area contributed by atoms with Gasteiger partial charge in [-0.1, -0.05) is 109 Å². The monoisotopic (exact) mass is 559 g/mol. The summed E-state index contributed by atoms with van der Waals surface area (Å²) in [6.07, 6.45) is -0.123. The molecular formula is C33H29N5O4. The molecule has 4 aromatic carbocycles. The molecule has 42 heavy (non-hydrogen) atoms. The summed E-state index contributed by atoms with van der Waals surface area (Å²) >= 11 is 0. The molecule has 5 aromatic rings. The van der Waals surface area contributed by atoms with Crippen molar-refractivity contribution in [2.45, 2.75) is 30.8 Å². The second-order valence-corrected chi connectivity index (χ2v) is 10.2. The van der Waals surface area contributed by atoms with Crippen molar-refractivity contribution in [3.8, 4) is 11.1 Å². The van der Waals surface area contributed by atoms with Gasteiger partial charge in [0.1, 0.15) is 6.61 Å². The first-order valence-electron chi connectivity index (χ1n) is 13.8. The van der Waals surface area contributed by atoms with Crippen LogP contribution in [0.15, 0.2) is 109 Å². The van der Waals surface area contributed by atoms with E-state index in [1.807, 2.05) is 84.9 Å². The maximum absolute atomic E-state index is 13.3. The molecule has 0 saturated heterocycles. The van der Waals surface area contributed by atoms with Gasteiger partial charge in [0.2, 0.25) is 0 Å². The van der Waals surface area contributed by atoms with Gasteiger partial charge in [-0.2, -0.15) is 0 Å². The molecule has 0 bridgehead atoms. The van der Waals surface area contributed by atoms with Crippen LogP contribution in [-0.2, 0) is 22.4 Å². The number of nitrogens with zero attached hydrogens (tertiary/aromatic N) is 4. The lowest BCUT2D eigenvalue weighted by atomic mass is 9.98. The lowest BCUT2D eigenvalue weighted by Gasteiger charge is -2.22. The maximum Gasteiger partial charge on any atom is 0.407 e. The van der Waals surface area contributed by atoms with Crippen molar-refractivity contribution in [1.82, 2.24) is 25.5 Å². The number of aliphatic carboxylic acids is 1. The molecule has 9 heteroatoms. The Kier molecular flexibility index (Phi) is 7.72. The molecular weight excluding hydrogens is 530 g/mol. The summed E-state index contributed by atoms with van der Waals surface area (Å²) in [5, 5.41) is 25.1. The minimum Gasteiger partial charge on any atom is -0.480 e. The molecule has 1 aliphatic rings. The van der Waals surface area contributed by atoms with Crippen LogP contribution in [0, 0.1) is 0 Å². The van der Waals surface area contributed by atoms with Gasteiger partial charge in [-0.25, -0.2) is 14.3 Å². The number of hydrogen-bond donors (Lipinski definition) is 2. The average Bonchev–Trinajstić information content (AvgIpc) is 3.63. The summed E-state index contributed by atoms with van der Waals surface area (Å²) in [7, 11) is 0. The van der Waals surface area contributed by atoms with Crippen molar-refractivity contribution in [2.75, 3.05) is 6.61 Å². The summed E-state index contributed by atoms with van der Waals surface area (Å²) in [5.74, 6) is -0.939. The van der Waals surface area contributed by atoms with E-state index >= 15 is 0 Å². The molecule has 0 fully saturated rings. The number of aromatic nitrogens is 4. The van der Waals surface area contributed by atoms with E-state index in [9.17, 15) is 14.7 Å². The second-order valence-electron chi connectivity index (χ2n) is 10.2. The number of fused-ring (bicyclic) bond motifs is 3. The number of carbonyl (C=O) groups is 2. The number of amides is 1. The molecule has 1 heterocycles. The standard InChI is InChI=1S/C33H29N5O4/c39-32(40)30(20-23-13-5-2-6-14-23)38-31(35-36-37-38)29(19-22-11-3-1-4-12-22)34-33(41)42-21-28-26-17-9-7-15-24(26)25-16-8-10-18-27(25)28/h1-18,28-30H,19-21H2,(H,34,41)(H,39,40)/t29-,30?/m0/s1. The van der Waals surface area contributed by atoms with Crippen molar-refractivity contribution in [1.29, 1.82) is 0 Å². The topological polar surface area (TPSA) is 119 Å². The van der Waals surface area contributed by atoms with E-state index in [4.69, 9.17) is 4.74 Å². The molecule has 0 aliphatic heterocycles. The third-order valence-corrected chi connectivity index (χ3v) is 7.60. The second kappa shape index (κ2) is 12.1. The molecule has 0 spiro atoms. The maximum atomic E-state index is 13.3. The van der Waals surface area contributed by atoms with Crippen LogP contribution in [-0.4, -0.2) is 44.0 Å². The normalized spacial score (nSPS) is 13.5. The molecule has 1 aliphatic carbocycles. The Morgan fingerprint density at radius 1 is 0.786 bits per heavy atom. The van der Waals surface area contributed by atoms with Crippen molar-refractivity contribution in [3.63, 3.8) is 0 Å². The smallest absolute Gasteiger partial charge is 0.407 e. The number of tetrazole rings is 1. The third kappa shape index (κ3) is 5.62. The Bertz CT molecular complexity index is 1640. The van der Waals surface area contributed by atoms with Gasteiger partial charge >= 0.3 is 12.1 Å². The molecule has 1 amide bonds. The largest absolute Gasteiger partial charge is 0.480 e. The van der Waals surface area contributed by atoms with E-state index in [0.717, 1.165) is 33.4 Å². The molecule has 0 radical (unpaired) electrons. The van der Waals surface area contributed by atoms with Crippen LogP contribution in [0.25, 0.3) is 11.1 Å². The van der Waals surface area contributed by atoms with Gasteiger partial charge in [-0.05, 0) is 43.8 Å². The van der Waals surface area contributed by atoms with Gasteiger partial charge in [0.25, 0.3) is 0 Å². The van der Waals surface area contributed by atoms with Crippen LogP contribution in [0.2, 0.25) is 0 Å². The van der Waals surface area contributed by atoms with Crippen LogP contribution in [0.1, 0.15) is 46.1 Å². The van der Waals surface area contributed by atoms with E-state index in [0.29, 0.717) is 6.42 Å². The summed E-state index contributed by atoms with van der Waals surface area (Å²) in [4.78, 5) is 25.7. The van der Waals surface area contributed by atoms with Gasteiger partial charge < -0.3 is 15.2 Å². The molecule has 2 atom stereocenters. The van der Waals surface area contributed by atoms with Gasteiger partial charge in [0.15, 0.2) is 11.9 Å². The number of alkyl carbamates (subject to hydrolysis) is 1. The number of carbonyl (C=O) groups excluding carboxylic acids is 1. The van der Waals surface area contributed by atoms with Gasteiger partial charge in [0.05, 0.1) is 6.04 Å². The lowest BCUT2D eigenvalue weighted by molar-refractivity contribution is -0.141. The summed E-state index contributed by atoms with van der Waals surface area (Å²) in [6, 6.07) is 33.3. The van der Waals surface area contributed by atoms with E-state index in [1.165, 1.54) is 4.68 Å². The molecule has 210 valence electrons. The van der Waals surface area contributed by atoms with Crippen molar-refractivity contribution in [2.24, 2.45) is 0 Å². The van der Waals surface area contributed by atoms with Gasteiger partial charge in [-0.3, -0.25) is 0 Å². The van der Waals surface area contributed by atoms with E-state index in [1.54, 1.807) is 0 Å². The summed E-state index contributed by atoms with van der Waals surface area (Å²) in [6.45, 7) is 0.147. The Balaban J connectivity index is 1.24. The molecule has 9 nitrogen and oxygen atoms in total. The number of carboxylic acid groups (broad SMARTS) is 1. The fraction of sp³-hybridized carbons (Fsp3) is 0.182. The predicted molar refractivity (Wildman–Crippen MR) is 156 cm³/mol. The SMILES string of the molecule is O=C(N[C@@H](Cc1ccccc1)c1nnnn1C(Cc1ccccc1)C(=O)O)OCC1c2ccccc2-c2ccccc21. The molecule has 1 unspecified atom stereocenters. The summed E-state index contributed by atoms with van der Waals surface area (Å²) < 4.78 is 7.09. The van der Waals surface area contributed by atoms with E-state index in [-0.39, 0.29) is 24.8 Å². The van der Waals surface area contributed by atoms with Gasteiger partial charge in [-0.15, -0.1) is 5.10 Å². The molecule has 0 saturated carbocycles. The fourth-order valence-electron chi connectivity index (χ4n) is 5.61. The lowest BCUT2D eigenvalue weighted by Crippen LogP contribution is -2.35. The first kappa shape index (κ1) is 26.9. The Morgan fingerprint density at radius 3 is 1.93 bits per heavy atom. The number of rotatable bonds is 10. The van der Waals surface area contributed by atoms with Crippen molar-refractivity contribution >= 4 is 12.1 Å². The highest BCUT2D eigenvalue weighted by Crippen LogP contribution is 2.44. The summed E-state index contributed by atoms with van der Waals surface area (Å²) in [5.41, 5.74) is 6.26. The highest BCUT2D eigenvalue weighted by atomic mass is 16.5. The van der Waals surface area contributed by atoms with Crippen molar-refractivity contribution in [3.05, 3.63) is 137 Å². The number of benzene rings is 4. The Hall–Kier alpha value is -5.31. The highest BCUT2D eigenvalue weighted by molar-refractivity contribution is 5.79. The fourth-order valence-corrected chi connectivity index (χ4v) is 5.61. The highest BCUT2D eigenvalue weighted by Gasteiger charge is 2.32. The van der Waals surface area contributed by atoms with E-state index < -0.39 is 24.1 Å². The Labute approximate surface area is 242 Å². The first-order valence-corrected chi connectivity index (χ1v) is 13.8. The van der Waals surface area contributed by atoms with Crippen LogP contribution in [0.3, 0.4) is 0 Å². The van der Waals surface area contributed by atoms with Crippen molar-refractivity contribution < 1.29 is 19.4 Å². The zero-order valence-corrected chi connectivity index (χ0v) is 22.7. The molecule has 1 aromatic heterocycles. The minimum atomic E-state index is -1.08. The third-order valence-electron chi connectivity index (χ3n) is 7.60. The van der Waals surface area contributed by atoms with Gasteiger partial charge in [0, 0.05) is 18.8 Å². The number of hydrogen-bond acceptors (Lipinski definition) is 6. The Morgan fingerprint density at radius 2 is 1.33 bits per heavy atom. The zero-order chi connectivity index (χ0) is 28.9. The molecule has 6 rings (SSSR count). The number of nitrogens with one attached hydrogen (secondary N) is 1. The zero-order valence-electron chi connectivity index (χ0n) is 22.7. The minimum absolute atomic E-state index is 0.0942. The van der Waals surface area contributed by atoms with Crippen LogP contribution in [0.5, 0.6) is 0 Å². The van der Waals surface area contributed by atoms with E-state index in [2.05, 4.69) is 45.1 Å². The predicted octanol–water partition coefficient (Wildman–Crippen LogP) is 5.36. The quantitative estimate of drug-likeness (QED) is 0.236. The number of ether oxygens (including phenoxy) is 1. The van der Waals surface area contributed by atoms with Crippen LogP contribution >= 0.6 is 0 Å².